The van der Waals surface area contributed by atoms with Crippen LogP contribution < -0.4 is 5.32 Å². The van der Waals surface area contributed by atoms with E-state index in [9.17, 15) is 27.6 Å². The van der Waals surface area contributed by atoms with Crippen molar-refractivity contribution in [2.75, 3.05) is 0 Å². The minimum Gasteiger partial charge on any atom is -0.481 e. The van der Waals surface area contributed by atoms with Crippen LogP contribution in [0, 0.1) is 0 Å². The van der Waals surface area contributed by atoms with Crippen LogP contribution in [0.1, 0.15) is 22.3 Å². The molecule has 0 heterocycles. The molecule has 0 bridgehead atoms. The first-order valence-corrected chi connectivity index (χ1v) is 8.68. The average Bonchev–Trinajstić information content (AvgIpc) is 2.70. The van der Waals surface area contributed by atoms with Crippen molar-refractivity contribution in [2.24, 2.45) is 0 Å². The van der Waals surface area contributed by atoms with Crippen LogP contribution in [0.3, 0.4) is 0 Å². The van der Waals surface area contributed by atoms with Crippen molar-refractivity contribution in [2.45, 2.75) is 31.3 Å². The lowest BCUT2D eigenvalue weighted by atomic mass is 10.1. The number of halogens is 3. The first-order valence-electron chi connectivity index (χ1n) is 8.68. The molecule has 2 atom stereocenters. The standard InChI is InChI=1S/C20H18F3NO6/c21-20(22,23)17(24-19(28)29-12-13-7-3-1-4-8-13)15(11-16(25)26)30-18(27)14-9-5-2-6-10-14/h1-10,15,17H,11-12H2,(H,24,28)(H,25,26)/t15-,17+/m1/s1. The molecule has 2 rings (SSSR count). The third kappa shape index (κ3) is 7.12. The van der Waals surface area contributed by atoms with Crippen molar-refractivity contribution < 1.29 is 42.1 Å². The molecule has 0 spiro atoms. The first kappa shape index (κ1) is 22.7. The molecule has 2 aromatic carbocycles. The fourth-order valence-corrected chi connectivity index (χ4v) is 2.46. The maximum absolute atomic E-state index is 13.5. The Labute approximate surface area is 169 Å². The molecular formula is C20H18F3NO6. The second kappa shape index (κ2) is 10.3. The van der Waals surface area contributed by atoms with E-state index in [-0.39, 0.29) is 12.2 Å². The highest BCUT2D eigenvalue weighted by Gasteiger charge is 2.48. The normalized spacial score (nSPS) is 13.0. The van der Waals surface area contributed by atoms with E-state index in [4.69, 9.17) is 14.6 Å². The summed E-state index contributed by atoms with van der Waals surface area (Å²) in [5.41, 5.74) is 0.467. The molecule has 0 saturated heterocycles. The van der Waals surface area contributed by atoms with E-state index in [2.05, 4.69) is 0 Å². The summed E-state index contributed by atoms with van der Waals surface area (Å²) in [5, 5.41) is 10.5. The van der Waals surface area contributed by atoms with Crippen LogP contribution in [-0.4, -0.2) is 41.5 Å². The van der Waals surface area contributed by atoms with Gasteiger partial charge in [-0.3, -0.25) is 4.79 Å². The second-order valence-electron chi connectivity index (χ2n) is 6.13. The summed E-state index contributed by atoms with van der Waals surface area (Å²) in [6.45, 7) is -0.301. The number of hydrogen-bond donors (Lipinski definition) is 2. The molecule has 10 heteroatoms. The van der Waals surface area contributed by atoms with Crippen molar-refractivity contribution >= 4 is 18.0 Å². The zero-order valence-corrected chi connectivity index (χ0v) is 15.5. The molecule has 0 radical (unpaired) electrons. The Morgan fingerprint density at radius 3 is 2.07 bits per heavy atom. The number of alkyl halides is 3. The first-order chi connectivity index (χ1) is 14.2. The number of nitrogens with one attached hydrogen (secondary N) is 1. The van der Waals surface area contributed by atoms with Gasteiger partial charge in [-0.1, -0.05) is 48.5 Å². The summed E-state index contributed by atoms with van der Waals surface area (Å²) in [4.78, 5) is 35.1. The van der Waals surface area contributed by atoms with Gasteiger partial charge in [-0.25, -0.2) is 9.59 Å². The second-order valence-corrected chi connectivity index (χ2v) is 6.13. The number of carboxylic acid groups (broad SMARTS) is 1. The van der Waals surface area contributed by atoms with E-state index >= 15 is 0 Å². The van der Waals surface area contributed by atoms with E-state index in [0.717, 1.165) is 0 Å². The van der Waals surface area contributed by atoms with Gasteiger partial charge in [0.25, 0.3) is 0 Å². The number of alkyl carbamates (subject to hydrolysis) is 1. The van der Waals surface area contributed by atoms with Crippen molar-refractivity contribution in [1.29, 1.82) is 0 Å². The van der Waals surface area contributed by atoms with Crippen molar-refractivity contribution in [3.05, 3.63) is 71.8 Å². The molecular weight excluding hydrogens is 407 g/mol. The summed E-state index contributed by atoms with van der Waals surface area (Å²) < 4.78 is 50.2. The van der Waals surface area contributed by atoms with Gasteiger partial charge < -0.3 is 19.9 Å². The van der Waals surface area contributed by atoms with E-state index in [1.54, 1.807) is 41.7 Å². The van der Waals surface area contributed by atoms with E-state index < -0.39 is 42.8 Å². The highest BCUT2D eigenvalue weighted by atomic mass is 19.4. The van der Waals surface area contributed by atoms with Crippen molar-refractivity contribution in [3.8, 4) is 0 Å². The number of aliphatic carboxylic acids is 1. The zero-order valence-electron chi connectivity index (χ0n) is 15.5. The van der Waals surface area contributed by atoms with Gasteiger partial charge in [0.2, 0.25) is 0 Å². The minimum atomic E-state index is -5.11. The van der Waals surface area contributed by atoms with Gasteiger partial charge >= 0.3 is 24.2 Å². The SMILES string of the molecule is O=C(O)C[C@@H](OC(=O)c1ccccc1)[C@H](NC(=O)OCc1ccccc1)C(F)(F)F. The largest absolute Gasteiger partial charge is 0.481 e. The molecule has 2 N–H and O–H groups in total. The maximum atomic E-state index is 13.5. The number of rotatable bonds is 8. The number of carbonyl (C=O) groups excluding carboxylic acids is 2. The molecule has 0 saturated carbocycles. The lowest BCUT2D eigenvalue weighted by Crippen LogP contribution is -2.54. The van der Waals surface area contributed by atoms with Gasteiger partial charge in [-0.2, -0.15) is 13.2 Å². The minimum absolute atomic E-state index is 0.0690. The van der Waals surface area contributed by atoms with E-state index in [1.807, 2.05) is 0 Å². The van der Waals surface area contributed by atoms with Gasteiger partial charge in [-0.15, -0.1) is 0 Å². The smallest absolute Gasteiger partial charge is 0.412 e. The Hall–Kier alpha value is -3.56. The van der Waals surface area contributed by atoms with Crippen LogP contribution in [0.5, 0.6) is 0 Å². The predicted molar refractivity (Wildman–Crippen MR) is 97.5 cm³/mol. The lowest BCUT2D eigenvalue weighted by molar-refractivity contribution is -0.179. The Kier molecular flexibility index (Phi) is 7.79. The Balaban J connectivity index is 2.13. The molecule has 0 aliphatic heterocycles. The van der Waals surface area contributed by atoms with Crippen LogP contribution in [0.2, 0.25) is 0 Å². The van der Waals surface area contributed by atoms with Gasteiger partial charge in [0.1, 0.15) is 12.7 Å². The predicted octanol–water partition coefficient (Wildman–Crippen LogP) is 3.54. The van der Waals surface area contributed by atoms with Gasteiger partial charge in [0, 0.05) is 0 Å². The summed E-state index contributed by atoms with van der Waals surface area (Å²) in [6.07, 6.45) is -9.93. The lowest BCUT2D eigenvalue weighted by Gasteiger charge is -2.28. The zero-order chi connectivity index (χ0) is 22.1. The highest BCUT2D eigenvalue weighted by Crippen LogP contribution is 2.26. The van der Waals surface area contributed by atoms with Crippen LogP contribution in [0.25, 0.3) is 0 Å². The summed E-state index contributed by atoms with van der Waals surface area (Å²) in [6, 6.07) is 12.5. The molecule has 0 fully saturated rings. The number of esters is 1. The summed E-state index contributed by atoms with van der Waals surface area (Å²) in [7, 11) is 0. The monoisotopic (exact) mass is 425 g/mol. The highest BCUT2D eigenvalue weighted by molar-refractivity contribution is 5.89. The molecule has 2 aromatic rings. The Morgan fingerprint density at radius 2 is 1.53 bits per heavy atom. The molecule has 7 nitrogen and oxygen atoms in total. The quantitative estimate of drug-likeness (QED) is 0.628. The summed E-state index contributed by atoms with van der Waals surface area (Å²) in [5.74, 6) is -2.80. The fourth-order valence-electron chi connectivity index (χ4n) is 2.46. The van der Waals surface area contributed by atoms with Crippen molar-refractivity contribution in [1.82, 2.24) is 5.32 Å². The van der Waals surface area contributed by atoms with Crippen LogP contribution in [0.15, 0.2) is 60.7 Å². The van der Waals surface area contributed by atoms with Gasteiger partial charge in [-0.05, 0) is 17.7 Å². The van der Waals surface area contributed by atoms with E-state index in [0.29, 0.717) is 5.56 Å². The van der Waals surface area contributed by atoms with E-state index in [1.165, 1.54) is 24.3 Å². The summed E-state index contributed by atoms with van der Waals surface area (Å²) >= 11 is 0. The Morgan fingerprint density at radius 1 is 0.967 bits per heavy atom. The number of ether oxygens (including phenoxy) is 2. The van der Waals surface area contributed by atoms with Gasteiger partial charge in [0.15, 0.2) is 6.04 Å². The molecule has 0 unspecified atom stereocenters. The number of hydrogen-bond acceptors (Lipinski definition) is 5. The number of amides is 1. The van der Waals surface area contributed by atoms with Crippen LogP contribution in [-0.2, 0) is 20.9 Å². The number of benzene rings is 2. The molecule has 160 valence electrons. The molecule has 0 aliphatic carbocycles. The maximum Gasteiger partial charge on any atom is 0.412 e. The topological polar surface area (TPSA) is 102 Å². The third-order valence-electron chi connectivity index (χ3n) is 3.85. The third-order valence-corrected chi connectivity index (χ3v) is 3.85. The number of carboxylic acids is 1. The average molecular weight is 425 g/mol. The Bertz CT molecular complexity index is 858. The molecule has 0 aliphatic rings. The molecule has 30 heavy (non-hydrogen) atoms. The number of carbonyl (C=O) groups is 3. The van der Waals surface area contributed by atoms with Crippen LogP contribution in [0.4, 0.5) is 18.0 Å². The van der Waals surface area contributed by atoms with Gasteiger partial charge in [0.05, 0.1) is 12.0 Å². The molecule has 0 aromatic heterocycles. The molecule has 1 amide bonds. The van der Waals surface area contributed by atoms with Crippen LogP contribution >= 0.6 is 0 Å². The fraction of sp³-hybridized carbons (Fsp3) is 0.250. The van der Waals surface area contributed by atoms with Crippen molar-refractivity contribution in [3.63, 3.8) is 0 Å².